The molecule has 2 amide bonds. The van der Waals surface area contributed by atoms with Gasteiger partial charge in [0, 0.05) is 12.6 Å². The zero-order chi connectivity index (χ0) is 18.4. The minimum absolute atomic E-state index is 0.00489. The van der Waals surface area contributed by atoms with Gasteiger partial charge in [-0.15, -0.1) is 0 Å². The van der Waals surface area contributed by atoms with Crippen molar-refractivity contribution in [1.29, 1.82) is 0 Å². The SMILES string of the molecule is O=C(NCC(O)c1cccc2ccccc12)C(=O)NC1CCCCCC1. The minimum Gasteiger partial charge on any atom is -0.387 e. The summed E-state index contributed by atoms with van der Waals surface area (Å²) >= 11 is 0. The van der Waals surface area contributed by atoms with Gasteiger partial charge in [-0.3, -0.25) is 9.59 Å². The fourth-order valence-electron chi connectivity index (χ4n) is 3.60. The summed E-state index contributed by atoms with van der Waals surface area (Å²) < 4.78 is 0. The second kappa shape index (κ2) is 8.81. The second-order valence-electron chi connectivity index (χ2n) is 6.96. The third kappa shape index (κ3) is 4.61. The van der Waals surface area contributed by atoms with E-state index in [4.69, 9.17) is 0 Å². The number of rotatable bonds is 4. The number of hydrogen-bond donors (Lipinski definition) is 3. The van der Waals surface area contributed by atoms with Crippen LogP contribution < -0.4 is 10.6 Å². The van der Waals surface area contributed by atoms with E-state index in [2.05, 4.69) is 10.6 Å². The van der Waals surface area contributed by atoms with Crippen molar-refractivity contribution in [1.82, 2.24) is 10.6 Å². The van der Waals surface area contributed by atoms with Gasteiger partial charge in [-0.2, -0.15) is 0 Å². The minimum atomic E-state index is -0.865. The molecule has 2 aromatic rings. The van der Waals surface area contributed by atoms with Gasteiger partial charge in [-0.25, -0.2) is 0 Å². The summed E-state index contributed by atoms with van der Waals surface area (Å²) in [6.45, 7) is 0.00489. The molecule has 5 nitrogen and oxygen atoms in total. The predicted molar refractivity (Wildman–Crippen MR) is 102 cm³/mol. The van der Waals surface area contributed by atoms with Gasteiger partial charge in [-0.1, -0.05) is 68.1 Å². The number of carbonyl (C=O) groups excluding carboxylic acids is 2. The van der Waals surface area contributed by atoms with E-state index in [1.54, 1.807) is 0 Å². The molecule has 0 radical (unpaired) electrons. The lowest BCUT2D eigenvalue weighted by Gasteiger charge is -2.17. The molecule has 1 aliphatic rings. The molecule has 1 saturated carbocycles. The van der Waals surface area contributed by atoms with E-state index in [9.17, 15) is 14.7 Å². The highest BCUT2D eigenvalue weighted by molar-refractivity contribution is 6.35. The van der Waals surface area contributed by atoms with Crippen molar-refractivity contribution in [3.63, 3.8) is 0 Å². The highest BCUT2D eigenvalue weighted by atomic mass is 16.3. The van der Waals surface area contributed by atoms with E-state index in [1.165, 1.54) is 12.8 Å². The van der Waals surface area contributed by atoms with Crippen LogP contribution in [0.1, 0.15) is 50.2 Å². The molecule has 0 saturated heterocycles. The Balaban J connectivity index is 1.55. The normalized spacial score (nSPS) is 16.7. The van der Waals surface area contributed by atoms with Gasteiger partial charge in [0.25, 0.3) is 0 Å². The summed E-state index contributed by atoms with van der Waals surface area (Å²) in [5.41, 5.74) is 0.743. The molecule has 1 unspecified atom stereocenters. The Labute approximate surface area is 153 Å². The van der Waals surface area contributed by atoms with Crippen molar-refractivity contribution in [2.75, 3.05) is 6.54 Å². The molecule has 1 fully saturated rings. The molecule has 138 valence electrons. The zero-order valence-corrected chi connectivity index (χ0v) is 14.9. The van der Waals surface area contributed by atoms with Crippen molar-refractivity contribution >= 4 is 22.6 Å². The summed E-state index contributed by atoms with van der Waals surface area (Å²) in [5, 5.41) is 17.8. The number of benzene rings is 2. The van der Waals surface area contributed by atoms with Crippen molar-refractivity contribution in [3.8, 4) is 0 Å². The van der Waals surface area contributed by atoms with Gasteiger partial charge in [0.15, 0.2) is 0 Å². The van der Waals surface area contributed by atoms with Crippen molar-refractivity contribution < 1.29 is 14.7 Å². The zero-order valence-electron chi connectivity index (χ0n) is 14.9. The van der Waals surface area contributed by atoms with Gasteiger partial charge in [0.1, 0.15) is 0 Å². The first kappa shape index (κ1) is 18.4. The van der Waals surface area contributed by atoms with Crippen LogP contribution in [0, 0.1) is 0 Å². The molecule has 5 heteroatoms. The molecule has 3 N–H and O–H groups in total. The summed E-state index contributed by atoms with van der Waals surface area (Å²) in [4.78, 5) is 24.1. The first-order valence-electron chi connectivity index (χ1n) is 9.39. The Hall–Kier alpha value is -2.40. The fraction of sp³-hybridized carbons (Fsp3) is 0.429. The van der Waals surface area contributed by atoms with E-state index >= 15 is 0 Å². The van der Waals surface area contributed by atoms with E-state index < -0.39 is 17.9 Å². The Kier molecular flexibility index (Phi) is 6.23. The lowest BCUT2D eigenvalue weighted by atomic mass is 10.0. The number of amides is 2. The van der Waals surface area contributed by atoms with Crippen LogP contribution in [0.5, 0.6) is 0 Å². The number of aliphatic hydroxyl groups is 1. The quantitative estimate of drug-likeness (QED) is 0.583. The van der Waals surface area contributed by atoms with E-state index in [-0.39, 0.29) is 12.6 Å². The molecule has 3 rings (SSSR count). The van der Waals surface area contributed by atoms with Gasteiger partial charge < -0.3 is 15.7 Å². The van der Waals surface area contributed by atoms with Gasteiger partial charge in [-0.05, 0) is 29.2 Å². The number of hydrogen-bond acceptors (Lipinski definition) is 3. The van der Waals surface area contributed by atoms with Crippen LogP contribution in [-0.2, 0) is 9.59 Å². The Bertz CT molecular complexity index is 761. The third-order valence-corrected chi connectivity index (χ3v) is 5.03. The van der Waals surface area contributed by atoms with Gasteiger partial charge in [0.05, 0.1) is 6.10 Å². The largest absolute Gasteiger partial charge is 0.387 e. The molecule has 2 aromatic carbocycles. The molecule has 0 aliphatic heterocycles. The molecule has 0 heterocycles. The van der Waals surface area contributed by atoms with Crippen LogP contribution in [0.4, 0.5) is 0 Å². The lowest BCUT2D eigenvalue weighted by Crippen LogP contribution is -2.45. The van der Waals surface area contributed by atoms with Crippen LogP contribution >= 0.6 is 0 Å². The van der Waals surface area contributed by atoms with Gasteiger partial charge >= 0.3 is 11.8 Å². The van der Waals surface area contributed by atoms with E-state index in [1.807, 2.05) is 42.5 Å². The van der Waals surface area contributed by atoms with Crippen molar-refractivity contribution in [2.24, 2.45) is 0 Å². The van der Waals surface area contributed by atoms with E-state index in [0.29, 0.717) is 0 Å². The average molecular weight is 354 g/mol. The Morgan fingerprint density at radius 1 is 0.962 bits per heavy atom. The van der Waals surface area contributed by atoms with Crippen LogP contribution in [0.2, 0.25) is 0 Å². The highest BCUT2D eigenvalue weighted by Crippen LogP contribution is 2.23. The summed E-state index contributed by atoms with van der Waals surface area (Å²) in [7, 11) is 0. The Morgan fingerprint density at radius 2 is 1.65 bits per heavy atom. The average Bonchev–Trinajstić information content (AvgIpc) is 2.94. The Morgan fingerprint density at radius 3 is 2.42 bits per heavy atom. The maximum absolute atomic E-state index is 12.1. The molecular weight excluding hydrogens is 328 g/mol. The van der Waals surface area contributed by atoms with Crippen molar-refractivity contribution in [3.05, 3.63) is 48.0 Å². The number of carbonyl (C=O) groups is 2. The molecule has 0 aromatic heterocycles. The monoisotopic (exact) mass is 354 g/mol. The fourth-order valence-corrected chi connectivity index (χ4v) is 3.60. The summed E-state index contributed by atoms with van der Waals surface area (Å²) in [5.74, 6) is -1.30. The van der Waals surface area contributed by atoms with Crippen LogP contribution in [-0.4, -0.2) is 29.5 Å². The number of aliphatic hydroxyl groups excluding tert-OH is 1. The number of nitrogens with one attached hydrogen (secondary N) is 2. The summed E-state index contributed by atoms with van der Waals surface area (Å²) in [6.07, 6.45) is 5.55. The maximum Gasteiger partial charge on any atom is 0.309 e. The molecule has 1 aliphatic carbocycles. The summed E-state index contributed by atoms with van der Waals surface area (Å²) in [6, 6.07) is 13.5. The topological polar surface area (TPSA) is 78.4 Å². The van der Waals surface area contributed by atoms with Crippen LogP contribution in [0.25, 0.3) is 10.8 Å². The number of fused-ring (bicyclic) bond motifs is 1. The molecule has 0 spiro atoms. The maximum atomic E-state index is 12.1. The smallest absolute Gasteiger partial charge is 0.309 e. The molecule has 0 bridgehead atoms. The van der Waals surface area contributed by atoms with Gasteiger partial charge in [0.2, 0.25) is 0 Å². The standard InChI is InChI=1S/C21H26N2O3/c24-19(18-13-7-9-15-8-5-6-12-17(15)18)14-22-20(25)21(26)23-16-10-3-1-2-4-11-16/h5-9,12-13,16,19,24H,1-4,10-11,14H2,(H,22,25)(H,23,26). The highest BCUT2D eigenvalue weighted by Gasteiger charge is 2.20. The predicted octanol–water partition coefficient (Wildman–Crippen LogP) is 2.83. The molecule has 1 atom stereocenters. The second-order valence-corrected chi connectivity index (χ2v) is 6.96. The molecular formula is C21H26N2O3. The first-order chi connectivity index (χ1) is 12.6. The third-order valence-electron chi connectivity index (χ3n) is 5.03. The molecule has 26 heavy (non-hydrogen) atoms. The lowest BCUT2D eigenvalue weighted by molar-refractivity contribution is -0.139. The van der Waals surface area contributed by atoms with Crippen molar-refractivity contribution in [2.45, 2.75) is 50.7 Å². The van der Waals surface area contributed by atoms with Crippen LogP contribution in [0.15, 0.2) is 42.5 Å². The van der Waals surface area contributed by atoms with Crippen LogP contribution in [0.3, 0.4) is 0 Å². The van der Waals surface area contributed by atoms with E-state index in [0.717, 1.165) is 42.0 Å². The first-order valence-corrected chi connectivity index (χ1v) is 9.39.